The van der Waals surface area contributed by atoms with Gasteiger partial charge in [0.25, 0.3) is 6.43 Å². The van der Waals surface area contributed by atoms with E-state index in [4.69, 9.17) is 5.11 Å². The van der Waals surface area contributed by atoms with Gasteiger partial charge in [0.2, 0.25) is 5.91 Å². The number of nitrogens with zero attached hydrogens (tertiary/aromatic N) is 3. The Morgan fingerprint density at radius 2 is 1.89 bits per heavy atom. The van der Waals surface area contributed by atoms with Crippen LogP contribution < -0.4 is 5.32 Å². The summed E-state index contributed by atoms with van der Waals surface area (Å²) in [5.41, 5.74) is -1.72. The second-order valence-electron chi connectivity index (χ2n) is 4.21. The molecule has 1 rings (SSSR count). The smallest absolute Gasteiger partial charge is 0.358 e. The molecule has 1 heterocycles. The van der Waals surface area contributed by atoms with E-state index in [1.807, 2.05) is 0 Å². The third kappa shape index (κ3) is 3.24. The van der Waals surface area contributed by atoms with Gasteiger partial charge in [-0.3, -0.25) is 4.79 Å². The molecule has 0 saturated heterocycles. The number of carboxylic acid groups (broad SMARTS) is 1. The topological polar surface area (TPSA) is 97.1 Å². The second kappa shape index (κ2) is 5.72. The monoisotopic (exact) mass is 276 g/mol. The molecule has 0 aliphatic heterocycles. The number of halogens is 2. The second-order valence-corrected chi connectivity index (χ2v) is 4.21. The Balaban J connectivity index is 3.13. The lowest BCUT2D eigenvalue weighted by Gasteiger charge is -2.16. The lowest BCUT2D eigenvalue weighted by atomic mass is 10.2. The number of nitrogens with one attached hydrogen (secondary N) is 1. The van der Waals surface area contributed by atoms with E-state index in [2.05, 4.69) is 15.6 Å². The summed E-state index contributed by atoms with van der Waals surface area (Å²) in [7, 11) is 0. The maximum absolute atomic E-state index is 12.9. The van der Waals surface area contributed by atoms with Gasteiger partial charge in [-0.25, -0.2) is 18.3 Å². The van der Waals surface area contributed by atoms with Crippen molar-refractivity contribution in [1.82, 2.24) is 20.3 Å². The predicted octanol–water partition coefficient (Wildman–Crippen LogP) is 1.000. The molecule has 0 fully saturated rings. The first kappa shape index (κ1) is 15.0. The number of hydrogen-bond donors (Lipinski definition) is 2. The van der Waals surface area contributed by atoms with Crippen molar-refractivity contribution in [2.24, 2.45) is 0 Å². The summed E-state index contributed by atoms with van der Waals surface area (Å²) in [6, 6.07) is -1.25. The Hall–Kier alpha value is -2.06. The maximum atomic E-state index is 12.9. The standard InChI is InChI=1S/C10H14F2N4O3/c1-4(2)13-9(17)5(3)16-7(8(11)12)6(10(18)19)14-15-16/h4-5,8H,1-3H3,(H,13,17)(H,18,19). The van der Waals surface area contributed by atoms with Gasteiger partial charge in [-0.15, -0.1) is 5.10 Å². The Morgan fingerprint density at radius 3 is 2.32 bits per heavy atom. The number of amides is 1. The summed E-state index contributed by atoms with van der Waals surface area (Å²) in [4.78, 5) is 22.5. The van der Waals surface area contributed by atoms with E-state index in [1.165, 1.54) is 6.92 Å². The van der Waals surface area contributed by atoms with Crippen LogP contribution in [0.1, 0.15) is 49.4 Å². The molecule has 1 atom stereocenters. The van der Waals surface area contributed by atoms with Crippen LogP contribution in [0.4, 0.5) is 8.78 Å². The molecule has 7 nitrogen and oxygen atoms in total. The molecule has 1 unspecified atom stereocenters. The molecule has 0 saturated carbocycles. The zero-order chi connectivity index (χ0) is 14.7. The SMILES string of the molecule is CC(C)NC(=O)C(C)n1nnc(C(=O)O)c1C(F)F. The Morgan fingerprint density at radius 1 is 1.32 bits per heavy atom. The Bertz CT molecular complexity index is 487. The van der Waals surface area contributed by atoms with E-state index in [0.29, 0.717) is 4.68 Å². The van der Waals surface area contributed by atoms with Crippen molar-refractivity contribution in [3.8, 4) is 0 Å². The van der Waals surface area contributed by atoms with Crippen LogP contribution in [-0.4, -0.2) is 38.0 Å². The van der Waals surface area contributed by atoms with E-state index in [-0.39, 0.29) is 6.04 Å². The zero-order valence-electron chi connectivity index (χ0n) is 10.6. The first-order valence-corrected chi connectivity index (χ1v) is 5.52. The number of aromatic carboxylic acids is 1. The third-order valence-electron chi connectivity index (χ3n) is 2.32. The number of carbonyl (C=O) groups is 2. The minimum Gasteiger partial charge on any atom is -0.476 e. The summed E-state index contributed by atoms with van der Waals surface area (Å²) < 4.78 is 26.4. The minimum atomic E-state index is -3.09. The van der Waals surface area contributed by atoms with Crippen molar-refractivity contribution in [3.05, 3.63) is 11.4 Å². The largest absolute Gasteiger partial charge is 0.476 e. The van der Waals surface area contributed by atoms with Crippen LogP contribution in [0.5, 0.6) is 0 Å². The highest BCUT2D eigenvalue weighted by Gasteiger charge is 2.30. The molecule has 2 N–H and O–H groups in total. The molecule has 0 aliphatic carbocycles. The van der Waals surface area contributed by atoms with E-state index in [0.717, 1.165) is 0 Å². The predicted molar refractivity (Wildman–Crippen MR) is 59.9 cm³/mol. The van der Waals surface area contributed by atoms with Crippen molar-refractivity contribution < 1.29 is 23.5 Å². The molecule has 0 radical (unpaired) electrons. The highest BCUT2D eigenvalue weighted by Crippen LogP contribution is 2.24. The maximum Gasteiger partial charge on any atom is 0.358 e. The first-order valence-electron chi connectivity index (χ1n) is 5.52. The van der Waals surface area contributed by atoms with Crippen LogP contribution in [0.3, 0.4) is 0 Å². The van der Waals surface area contributed by atoms with E-state index in [9.17, 15) is 18.4 Å². The summed E-state index contributed by atoms with van der Waals surface area (Å²) in [6.07, 6.45) is -3.09. The summed E-state index contributed by atoms with van der Waals surface area (Å²) in [6.45, 7) is 4.76. The van der Waals surface area contributed by atoms with Crippen molar-refractivity contribution in [3.63, 3.8) is 0 Å². The third-order valence-corrected chi connectivity index (χ3v) is 2.32. The van der Waals surface area contributed by atoms with Crippen molar-refractivity contribution in [1.29, 1.82) is 0 Å². The lowest BCUT2D eigenvalue weighted by Crippen LogP contribution is -2.36. The van der Waals surface area contributed by atoms with Crippen molar-refractivity contribution >= 4 is 11.9 Å². The average molecular weight is 276 g/mol. The van der Waals surface area contributed by atoms with Gasteiger partial charge in [-0.1, -0.05) is 5.21 Å². The van der Waals surface area contributed by atoms with Gasteiger partial charge in [-0.2, -0.15) is 0 Å². The van der Waals surface area contributed by atoms with Gasteiger partial charge in [0.05, 0.1) is 0 Å². The van der Waals surface area contributed by atoms with Gasteiger partial charge < -0.3 is 10.4 Å². The average Bonchev–Trinajstić information content (AvgIpc) is 2.71. The molecule has 19 heavy (non-hydrogen) atoms. The highest BCUT2D eigenvalue weighted by atomic mass is 19.3. The van der Waals surface area contributed by atoms with Gasteiger partial charge in [0.1, 0.15) is 11.7 Å². The summed E-state index contributed by atoms with van der Waals surface area (Å²) in [5.74, 6) is -2.16. The normalized spacial score (nSPS) is 12.8. The fraction of sp³-hybridized carbons (Fsp3) is 0.600. The minimum absolute atomic E-state index is 0.174. The van der Waals surface area contributed by atoms with Crippen LogP contribution >= 0.6 is 0 Å². The molecule has 106 valence electrons. The molecular formula is C10H14F2N4O3. The van der Waals surface area contributed by atoms with Gasteiger partial charge in [0, 0.05) is 6.04 Å². The molecule has 9 heteroatoms. The van der Waals surface area contributed by atoms with Crippen LogP contribution in [0, 0.1) is 0 Å². The fourth-order valence-corrected chi connectivity index (χ4v) is 1.46. The van der Waals surface area contributed by atoms with Crippen molar-refractivity contribution in [2.75, 3.05) is 0 Å². The van der Waals surface area contributed by atoms with Crippen molar-refractivity contribution in [2.45, 2.75) is 39.3 Å². The number of rotatable bonds is 5. The Labute approximate surface area is 107 Å². The molecule has 1 aromatic heterocycles. The molecule has 0 aromatic carbocycles. The summed E-state index contributed by atoms with van der Waals surface area (Å²) in [5, 5.41) is 17.8. The number of alkyl halides is 2. The van der Waals surface area contributed by atoms with Crippen LogP contribution in [0.15, 0.2) is 0 Å². The molecule has 0 aliphatic rings. The fourth-order valence-electron chi connectivity index (χ4n) is 1.46. The number of carbonyl (C=O) groups excluding carboxylic acids is 1. The van der Waals surface area contributed by atoms with E-state index >= 15 is 0 Å². The number of hydrogen-bond acceptors (Lipinski definition) is 4. The van der Waals surface area contributed by atoms with Crippen LogP contribution in [-0.2, 0) is 4.79 Å². The van der Waals surface area contributed by atoms with Gasteiger partial charge >= 0.3 is 5.97 Å². The number of carboxylic acids is 1. The van der Waals surface area contributed by atoms with E-state index in [1.54, 1.807) is 13.8 Å². The summed E-state index contributed by atoms with van der Waals surface area (Å²) >= 11 is 0. The molecule has 0 spiro atoms. The first-order chi connectivity index (χ1) is 8.75. The molecule has 1 amide bonds. The molecular weight excluding hydrogens is 262 g/mol. The quantitative estimate of drug-likeness (QED) is 0.836. The molecule has 0 bridgehead atoms. The Kier molecular flexibility index (Phi) is 4.52. The van der Waals surface area contributed by atoms with Crippen LogP contribution in [0.25, 0.3) is 0 Å². The van der Waals surface area contributed by atoms with Gasteiger partial charge in [0.15, 0.2) is 5.69 Å². The van der Waals surface area contributed by atoms with Gasteiger partial charge in [-0.05, 0) is 20.8 Å². The van der Waals surface area contributed by atoms with Crippen LogP contribution in [0.2, 0.25) is 0 Å². The lowest BCUT2D eigenvalue weighted by molar-refractivity contribution is -0.124. The zero-order valence-corrected chi connectivity index (χ0v) is 10.6. The van der Waals surface area contributed by atoms with E-state index < -0.39 is 35.7 Å². The highest BCUT2D eigenvalue weighted by molar-refractivity contribution is 5.87. The molecule has 1 aromatic rings. The number of aromatic nitrogens is 3.